The van der Waals surface area contributed by atoms with Gasteiger partial charge in [-0.3, -0.25) is 0 Å². The van der Waals surface area contributed by atoms with Gasteiger partial charge in [0.1, 0.15) is 0 Å². The fraction of sp³-hybridized carbons (Fsp3) is 0.467. The summed E-state index contributed by atoms with van der Waals surface area (Å²) in [6, 6.07) is 10.7. The van der Waals surface area contributed by atoms with Crippen LogP contribution in [0.5, 0.6) is 0 Å². The van der Waals surface area contributed by atoms with Gasteiger partial charge in [0.2, 0.25) is 0 Å². The molecule has 1 aliphatic carbocycles. The lowest BCUT2D eigenvalue weighted by molar-refractivity contribution is 0.327. The van der Waals surface area contributed by atoms with Crippen molar-refractivity contribution in [1.82, 2.24) is 0 Å². The molecule has 1 aliphatic rings. The van der Waals surface area contributed by atoms with Crippen molar-refractivity contribution in [3.05, 3.63) is 42.2 Å². The predicted molar refractivity (Wildman–Crippen MR) is 75.7 cm³/mol. The van der Waals surface area contributed by atoms with Crippen molar-refractivity contribution in [2.75, 3.05) is 0 Å². The second-order valence-electron chi connectivity index (χ2n) is 5.42. The summed E-state index contributed by atoms with van der Waals surface area (Å²) in [6.45, 7) is 6.84. The lowest BCUT2D eigenvalue weighted by Crippen LogP contribution is -2.45. The molecule has 0 saturated heterocycles. The van der Waals surface area contributed by atoms with E-state index in [0.29, 0.717) is 5.92 Å². The zero-order valence-electron chi connectivity index (χ0n) is 11.1. The highest BCUT2D eigenvalue weighted by atomic mass is 28.4. The highest BCUT2D eigenvalue weighted by Gasteiger charge is 2.29. The lowest BCUT2D eigenvalue weighted by atomic mass is 9.96. The smallest absolute Gasteiger partial charge is 0.276 e. The Morgan fingerprint density at radius 1 is 1.18 bits per heavy atom. The molecule has 2 heteroatoms. The molecule has 1 aromatic carbocycles. The zero-order chi connectivity index (χ0) is 12.3. The molecule has 0 aromatic heterocycles. The van der Waals surface area contributed by atoms with E-state index in [1.165, 1.54) is 30.2 Å². The Kier molecular flexibility index (Phi) is 3.72. The third-order valence-electron chi connectivity index (χ3n) is 3.51. The number of hydrogen-bond donors (Lipinski definition) is 0. The van der Waals surface area contributed by atoms with Crippen LogP contribution in [0.4, 0.5) is 0 Å². The summed E-state index contributed by atoms with van der Waals surface area (Å²) < 4.78 is 6.38. The van der Waals surface area contributed by atoms with Crippen molar-refractivity contribution < 1.29 is 4.43 Å². The molecule has 0 N–H and O–H groups in total. The van der Waals surface area contributed by atoms with Crippen LogP contribution < -0.4 is 5.19 Å². The molecular formula is C15H22OSi. The molecule has 1 atom stereocenters. The first-order valence-electron chi connectivity index (χ1n) is 6.54. The molecule has 1 unspecified atom stereocenters. The first-order valence-corrected chi connectivity index (χ1v) is 9.45. The highest BCUT2D eigenvalue weighted by molar-refractivity contribution is 6.84. The summed E-state index contributed by atoms with van der Waals surface area (Å²) in [6.07, 6.45) is 6.05. The van der Waals surface area contributed by atoms with Crippen LogP contribution in [0.3, 0.4) is 0 Å². The number of rotatable bonds is 3. The molecule has 0 amide bonds. The van der Waals surface area contributed by atoms with Crippen molar-refractivity contribution in [2.45, 2.75) is 39.3 Å². The quantitative estimate of drug-likeness (QED) is 0.737. The Labute approximate surface area is 106 Å². The molecule has 0 bridgehead atoms. The van der Waals surface area contributed by atoms with Gasteiger partial charge in [-0.15, -0.1) is 0 Å². The van der Waals surface area contributed by atoms with E-state index < -0.39 is 8.32 Å². The fourth-order valence-corrected chi connectivity index (χ4v) is 4.33. The third kappa shape index (κ3) is 3.00. The molecule has 92 valence electrons. The van der Waals surface area contributed by atoms with Gasteiger partial charge in [-0.25, -0.2) is 0 Å². The summed E-state index contributed by atoms with van der Waals surface area (Å²) in [5, 5.41) is 1.37. The van der Waals surface area contributed by atoms with Gasteiger partial charge in [0.25, 0.3) is 8.32 Å². The van der Waals surface area contributed by atoms with Crippen molar-refractivity contribution in [3.8, 4) is 0 Å². The van der Waals surface area contributed by atoms with Crippen LogP contribution in [0.25, 0.3) is 0 Å². The van der Waals surface area contributed by atoms with Gasteiger partial charge in [0, 0.05) is 5.92 Å². The SMILES string of the molecule is CC1CCCC=C1O[Si](C)(C)c1ccccc1. The van der Waals surface area contributed by atoms with Crippen LogP contribution in [0.15, 0.2) is 42.2 Å². The molecule has 17 heavy (non-hydrogen) atoms. The van der Waals surface area contributed by atoms with Gasteiger partial charge in [0.15, 0.2) is 0 Å². The van der Waals surface area contributed by atoms with E-state index in [1.807, 2.05) is 0 Å². The maximum Gasteiger partial charge on any atom is 0.276 e. The fourth-order valence-electron chi connectivity index (χ4n) is 2.35. The van der Waals surface area contributed by atoms with E-state index >= 15 is 0 Å². The zero-order valence-corrected chi connectivity index (χ0v) is 12.1. The molecule has 2 rings (SSSR count). The standard InChI is InChI=1S/C15H22OSi/c1-13-9-7-8-12-15(13)16-17(2,3)14-10-5-4-6-11-14/h4-6,10-13H,7-9H2,1-3H3. The molecule has 1 nitrogen and oxygen atoms in total. The van der Waals surface area contributed by atoms with Crippen molar-refractivity contribution in [3.63, 3.8) is 0 Å². The van der Waals surface area contributed by atoms with Crippen LogP contribution in [-0.4, -0.2) is 8.32 Å². The molecule has 0 saturated carbocycles. The van der Waals surface area contributed by atoms with E-state index in [-0.39, 0.29) is 0 Å². The Balaban J connectivity index is 2.14. The van der Waals surface area contributed by atoms with Crippen LogP contribution in [0.2, 0.25) is 13.1 Å². The minimum absolute atomic E-state index is 0.597. The Hall–Kier alpha value is -1.02. The molecule has 0 fully saturated rings. The second kappa shape index (κ2) is 5.09. The van der Waals surface area contributed by atoms with E-state index in [1.54, 1.807) is 0 Å². The van der Waals surface area contributed by atoms with Crippen molar-refractivity contribution in [2.24, 2.45) is 5.92 Å². The van der Waals surface area contributed by atoms with Gasteiger partial charge in [-0.05, 0) is 43.6 Å². The predicted octanol–water partition coefficient (Wildman–Crippen LogP) is 3.82. The van der Waals surface area contributed by atoms with Gasteiger partial charge < -0.3 is 4.43 Å². The minimum atomic E-state index is -1.78. The summed E-state index contributed by atoms with van der Waals surface area (Å²) in [7, 11) is -1.78. The minimum Gasteiger partial charge on any atom is -0.543 e. The summed E-state index contributed by atoms with van der Waals surface area (Å²) >= 11 is 0. The van der Waals surface area contributed by atoms with Gasteiger partial charge in [0.05, 0.1) is 5.76 Å². The largest absolute Gasteiger partial charge is 0.543 e. The van der Waals surface area contributed by atoms with Crippen molar-refractivity contribution in [1.29, 1.82) is 0 Å². The van der Waals surface area contributed by atoms with E-state index in [9.17, 15) is 0 Å². The van der Waals surface area contributed by atoms with E-state index in [2.05, 4.69) is 56.4 Å². The van der Waals surface area contributed by atoms with Gasteiger partial charge in [-0.1, -0.05) is 37.3 Å². The molecule has 0 heterocycles. The Bertz CT molecular complexity index is 395. The summed E-state index contributed by atoms with van der Waals surface area (Å²) in [4.78, 5) is 0. The van der Waals surface area contributed by atoms with Crippen LogP contribution >= 0.6 is 0 Å². The topological polar surface area (TPSA) is 9.23 Å². The first kappa shape index (κ1) is 12.4. The number of benzene rings is 1. The molecule has 1 aromatic rings. The second-order valence-corrected chi connectivity index (χ2v) is 9.22. The average Bonchev–Trinajstić information content (AvgIpc) is 2.33. The van der Waals surface area contributed by atoms with E-state index in [4.69, 9.17) is 4.43 Å². The molecule has 0 spiro atoms. The third-order valence-corrected chi connectivity index (χ3v) is 5.98. The Morgan fingerprint density at radius 2 is 1.88 bits per heavy atom. The maximum absolute atomic E-state index is 6.38. The number of allylic oxidation sites excluding steroid dienone is 2. The highest BCUT2D eigenvalue weighted by Crippen LogP contribution is 2.27. The molecular weight excluding hydrogens is 224 g/mol. The average molecular weight is 246 g/mol. The van der Waals surface area contributed by atoms with Crippen LogP contribution in [-0.2, 0) is 4.43 Å². The Morgan fingerprint density at radius 3 is 2.53 bits per heavy atom. The van der Waals surface area contributed by atoms with E-state index in [0.717, 1.165) is 0 Å². The van der Waals surface area contributed by atoms with Crippen molar-refractivity contribution >= 4 is 13.5 Å². The summed E-state index contributed by atoms with van der Waals surface area (Å²) in [5.74, 6) is 1.83. The normalized spacial score (nSPS) is 20.9. The van der Waals surface area contributed by atoms with Crippen LogP contribution in [0, 0.1) is 5.92 Å². The lowest BCUT2D eigenvalue weighted by Gasteiger charge is -2.31. The first-order chi connectivity index (χ1) is 8.09. The van der Waals surface area contributed by atoms with Gasteiger partial charge in [-0.2, -0.15) is 0 Å². The monoisotopic (exact) mass is 246 g/mol. The van der Waals surface area contributed by atoms with Gasteiger partial charge >= 0.3 is 0 Å². The van der Waals surface area contributed by atoms with Crippen LogP contribution in [0.1, 0.15) is 26.2 Å². The number of hydrogen-bond acceptors (Lipinski definition) is 1. The maximum atomic E-state index is 6.38. The molecule has 0 radical (unpaired) electrons. The molecule has 0 aliphatic heterocycles. The summed E-state index contributed by atoms with van der Waals surface area (Å²) in [5.41, 5.74) is 0.